The topological polar surface area (TPSA) is 144 Å². The van der Waals surface area contributed by atoms with Gasteiger partial charge in [-0.25, -0.2) is 19.2 Å². The molecule has 0 unspecified atom stereocenters. The van der Waals surface area contributed by atoms with Crippen molar-refractivity contribution in [3.05, 3.63) is 59.7 Å². The van der Waals surface area contributed by atoms with Crippen molar-refractivity contribution in [3.8, 4) is 11.1 Å². The summed E-state index contributed by atoms with van der Waals surface area (Å²) in [6, 6.07) is 14.6. The summed E-state index contributed by atoms with van der Waals surface area (Å²) in [4.78, 5) is 49.8. The van der Waals surface area contributed by atoms with Crippen LogP contribution in [0.2, 0.25) is 0 Å². The average Bonchev–Trinajstić information content (AvgIpc) is 3.26. The fourth-order valence-corrected chi connectivity index (χ4v) is 4.91. The average molecular weight is 597 g/mol. The van der Waals surface area contributed by atoms with E-state index in [9.17, 15) is 19.2 Å². The largest absolute Gasteiger partial charge is 0.467 e. The molecule has 0 spiro atoms. The number of rotatable bonds is 12. The predicted molar refractivity (Wildman–Crippen MR) is 162 cm³/mol. The first-order chi connectivity index (χ1) is 20.4. The molecule has 11 nitrogen and oxygen atoms in total. The van der Waals surface area contributed by atoms with Crippen LogP contribution in [0.1, 0.15) is 70.9 Å². The molecule has 43 heavy (non-hydrogen) atoms. The summed E-state index contributed by atoms with van der Waals surface area (Å²) >= 11 is 0. The van der Waals surface area contributed by atoms with E-state index in [4.69, 9.17) is 14.2 Å². The van der Waals surface area contributed by atoms with E-state index >= 15 is 0 Å². The first-order valence-electron chi connectivity index (χ1n) is 14.6. The highest BCUT2D eigenvalue weighted by molar-refractivity contribution is 5.84. The summed E-state index contributed by atoms with van der Waals surface area (Å²) in [7, 11) is 1.25. The summed E-state index contributed by atoms with van der Waals surface area (Å²) < 4.78 is 15.7. The number of amides is 4. The Kier molecular flexibility index (Phi) is 11.8. The highest BCUT2D eigenvalue weighted by atomic mass is 16.6. The maximum Gasteiger partial charge on any atom is 0.408 e. The van der Waals surface area contributed by atoms with Gasteiger partial charge >= 0.3 is 24.2 Å². The summed E-state index contributed by atoms with van der Waals surface area (Å²) in [5, 5.41) is 10.8. The first kappa shape index (κ1) is 33.2. The van der Waals surface area contributed by atoms with E-state index in [0.29, 0.717) is 25.8 Å². The van der Waals surface area contributed by atoms with Gasteiger partial charge < -0.3 is 35.5 Å². The van der Waals surface area contributed by atoms with Crippen molar-refractivity contribution < 1.29 is 33.4 Å². The molecule has 0 aromatic heterocycles. The molecule has 11 heteroatoms. The minimum absolute atomic E-state index is 0.112. The number of alkyl carbamates (subject to hydrolysis) is 2. The number of unbranched alkanes of at least 4 members (excludes halogenated alkanes) is 1. The normalized spacial score (nSPS) is 13.7. The van der Waals surface area contributed by atoms with Gasteiger partial charge in [0.1, 0.15) is 24.4 Å². The van der Waals surface area contributed by atoms with Crippen LogP contribution in [0.3, 0.4) is 0 Å². The van der Waals surface area contributed by atoms with E-state index in [1.54, 1.807) is 34.6 Å². The van der Waals surface area contributed by atoms with Crippen molar-refractivity contribution in [1.82, 2.24) is 21.3 Å². The Hall–Kier alpha value is -4.28. The Labute approximate surface area is 253 Å². The van der Waals surface area contributed by atoms with Crippen LogP contribution in [0.4, 0.5) is 14.4 Å². The number of nitrogens with one attached hydrogen (secondary N) is 4. The predicted octanol–water partition coefficient (Wildman–Crippen LogP) is 5.04. The maximum absolute atomic E-state index is 13.0. The minimum atomic E-state index is -0.863. The molecule has 0 saturated heterocycles. The molecule has 1 aliphatic carbocycles. The van der Waals surface area contributed by atoms with Gasteiger partial charge in [0.2, 0.25) is 0 Å². The Morgan fingerprint density at radius 2 is 1.44 bits per heavy atom. The lowest BCUT2D eigenvalue weighted by molar-refractivity contribution is -0.144. The van der Waals surface area contributed by atoms with Crippen LogP contribution in [-0.2, 0) is 19.0 Å². The van der Waals surface area contributed by atoms with Crippen molar-refractivity contribution in [2.45, 2.75) is 77.6 Å². The number of fused-ring (bicyclic) bond motifs is 3. The standard InChI is InChI=1S/C32H44N4O7/c1-20(2)27(28(37)41-6)36-29(38)34-26(17-11-12-18-33-30(39)43-32(3,4)5)35-31(40)42-19-25-23-15-9-7-13-21(23)22-14-8-10-16-24(22)25/h7-10,13-16,20,25-27H,11-12,17-19H2,1-6H3,(H,33,39)(H,35,40)(H2,34,36,38)/t26-,27-/m0/s1. The maximum atomic E-state index is 13.0. The third-order valence-electron chi connectivity index (χ3n) is 6.94. The highest BCUT2D eigenvalue weighted by Crippen LogP contribution is 2.44. The van der Waals surface area contributed by atoms with E-state index < -0.39 is 42.0 Å². The number of methoxy groups -OCH3 is 1. The Morgan fingerprint density at radius 3 is 2.00 bits per heavy atom. The fourth-order valence-electron chi connectivity index (χ4n) is 4.91. The lowest BCUT2D eigenvalue weighted by Gasteiger charge is -2.24. The second-order valence-electron chi connectivity index (χ2n) is 11.8. The van der Waals surface area contributed by atoms with Gasteiger partial charge in [0.05, 0.1) is 7.11 Å². The number of ether oxygens (including phenoxy) is 3. The van der Waals surface area contributed by atoms with Gasteiger partial charge in [0.15, 0.2) is 0 Å². The fraction of sp³-hybridized carbons (Fsp3) is 0.500. The molecule has 3 rings (SSSR count). The van der Waals surface area contributed by atoms with E-state index in [2.05, 4.69) is 33.4 Å². The molecule has 2 aromatic rings. The van der Waals surface area contributed by atoms with Crippen LogP contribution in [0.25, 0.3) is 11.1 Å². The van der Waals surface area contributed by atoms with E-state index in [1.807, 2.05) is 36.4 Å². The molecule has 234 valence electrons. The lowest BCUT2D eigenvalue weighted by Crippen LogP contribution is -2.55. The van der Waals surface area contributed by atoms with Crippen molar-refractivity contribution in [3.63, 3.8) is 0 Å². The number of carbonyl (C=O) groups excluding carboxylic acids is 4. The lowest BCUT2D eigenvalue weighted by atomic mass is 9.98. The van der Waals surface area contributed by atoms with Gasteiger partial charge in [-0.05, 0) is 68.2 Å². The van der Waals surface area contributed by atoms with E-state index in [0.717, 1.165) is 22.3 Å². The number of hydrogen-bond acceptors (Lipinski definition) is 7. The van der Waals surface area contributed by atoms with Crippen LogP contribution < -0.4 is 21.3 Å². The smallest absolute Gasteiger partial charge is 0.408 e. The van der Waals surface area contributed by atoms with Crippen LogP contribution in [0, 0.1) is 5.92 Å². The Morgan fingerprint density at radius 1 is 0.837 bits per heavy atom. The molecule has 0 saturated carbocycles. The molecule has 0 aliphatic heterocycles. The molecule has 0 bridgehead atoms. The van der Waals surface area contributed by atoms with Crippen LogP contribution in [0.5, 0.6) is 0 Å². The van der Waals surface area contributed by atoms with Crippen molar-refractivity contribution in [2.75, 3.05) is 20.3 Å². The Bertz CT molecular complexity index is 1230. The van der Waals surface area contributed by atoms with E-state index in [-0.39, 0.29) is 18.4 Å². The van der Waals surface area contributed by atoms with Crippen LogP contribution in [-0.4, -0.2) is 62.3 Å². The Balaban J connectivity index is 1.60. The van der Waals surface area contributed by atoms with E-state index in [1.165, 1.54) is 7.11 Å². The second kappa shape index (κ2) is 15.3. The number of hydrogen-bond donors (Lipinski definition) is 4. The zero-order valence-corrected chi connectivity index (χ0v) is 25.8. The van der Waals surface area contributed by atoms with Gasteiger partial charge in [0, 0.05) is 12.5 Å². The minimum Gasteiger partial charge on any atom is -0.467 e. The summed E-state index contributed by atoms with van der Waals surface area (Å²) in [5.74, 6) is -0.899. The summed E-state index contributed by atoms with van der Waals surface area (Å²) in [6.07, 6.45) is -0.536. The molecule has 2 atom stereocenters. The van der Waals surface area contributed by atoms with Gasteiger partial charge in [-0.15, -0.1) is 0 Å². The van der Waals surface area contributed by atoms with Gasteiger partial charge in [-0.2, -0.15) is 0 Å². The number of benzene rings is 2. The second-order valence-corrected chi connectivity index (χ2v) is 11.8. The van der Waals surface area contributed by atoms with Gasteiger partial charge in [-0.3, -0.25) is 0 Å². The molecular formula is C32H44N4O7. The van der Waals surface area contributed by atoms with Gasteiger partial charge in [-0.1, -0.05) is 62.4 Å². The molecule has 1 aliphatic rings. The third-order valence-corrected chi connectivity index (χ3v) is 6.94. The van der Waals surface area contributed by atoms with Crippen LogP contribution in [0.15, 0.2) is 48.5 Å². The first-order valence-corrected chi connectivity index (χ1v) is 14.6. The van der Waals surface area contributed by atoms with Crippen molar-refractivity contribution >= 4 is 24.2 Å². The van der Waals surface area contributed by atoms with Crippen molar-refractivity contribution in [2.24, 2.45) is 5.92 Å². The SMILES string of the molecule is COC(=O)[C@@H](NC(=O)N[C@H](CCCCNC(=O)OC(C)(C)C)NC(=O)OCC1c2ccccc2-c2ccccc21)C(C)C. The number of carbonyl (C=O) groups is 4. The quantitative estimate of drug-likeness (QED) is 0.116. The molecule has 4 N–H and O–H groups in total. The van der Waals surface area contributed by atoms with Crippen LogP contribution >= 0.6 is 0 Å². The molecule has 0 heterocycles. The molecule has 2 aromatic carbocycles. The number of urea groups is 1. The zero-order valence-electron chi connectivity index (χ0n) is 25.8. The number of esters is 1. The third kappa shape index (κ3) is 9.90. The highest BCUT2D eigenvalue weighted by Gasteiger charge is 2.30. The van der Waals surface area contributed by atoms with Gasteiger partial charge in [0.25, 0.3) is 0 Å². The monoisotopic (exact) mass is 596 g/mol. The zero-order chi connectivity index (χ0) is 31.6. The molecular weight excluding hydrogens is 552 g/mol. The molecule has 0 fully saturated rings. The molecule has 0 radical (unpaired) electrons. The molecule has 4 amide bonds. The summed E-state index contributed by atoms with van der Waals surface area (Å²) in [5.41, 5.74) is 3.82. The van der Waals surface area contributed by atoms with Crippen molar-refractivity contribution in [1.29, 1.82) is 0 Å². The summed E-state index contributed by atoms with van der Waals surface area (Å²) in [6.45, 7) is 9.40.